The molecule has 0 radical (unpaired) electrons. The maximum atomic E-state index is 8.70. The Balaban J connectivity index is 2.99. The van der Waals surface area contributed by atoms with Gasteiger partial charge in [0.25, 0.3) is 0 Å². The first-order chi connectivity index (χ1) is 7.08. The summed E-state index contributed by atoms with van der Waals surface area (Å²) in [6.45, 7) is 5.82. The number of aryl methyl sites for hydroxylation is 2. The number of methoxy groups -OCH3 is 1. The van der Waals surface area contributed by atoms with Crippen molar-refractivity contribution in [2.45, 2.75) is 26.8 Å². The Bertz CT molecular complexity index is 370. The number of benzene rings is 1. The van der Waals surface area contributed by atoms with Crippen LogP contribution in [0.1, 0.15) is 18.1 Å². The number of hydrogen-bond donors (Lipinski definition) is 1. The molecular weight excluding hydrogens is 188 g/mol. The van der Waals surface area contributed by atoms with Crippen molar-refractivity contribution in [1.82, 2.24) is 0 Å². The summed E-state index contributed by atoms with van der Waals surface area (Å²) >= 11 is 0. The van der Waals surface area contributed by atoms with E-state index in [-0.39, 0.29) is 6.04 Å². The van der Waals surface area contributed by atoms with Crippen molar-refractivity contribution in [2.75, 3.05) is 12.4 Å². The zero-order valence-corrected chi connectivity index (χ0v) is 9.59. The van der Waals surface area contributed by atoms with Crippen molar-refractivity contribution in [3.05, 3.63) is 23.3 Å². The minimum atomic E-state index is -0.183. The molecule has 15 heavy (non-hydrogen) atoms. The Morgan fingerprint density at radius 2 is 1.87 bits per heavy atom. The molecule has 1 unspecified atom stereocenters. The van der Waals surface area contributed by atoms with E-state index in [1.807, 2.05) is 32.9 Å². The lowest BCUT2D eigenvalue weighted by molar-refractivity contribution is 0.408. The minimum Gasteiger partial charge on any atom is -0.496 e. The standard InChI is InChI=1S/C12H16N2O/c1-8-5-11(14-10(3)7-13)6-9(2)12(8)15-4/h5-6,10,14H,1-4H3. The van der Waals surface area contributed by atoms with Gasteiger partial charge in [0.2, 0.25) is 0 Å². The molecule has 0 aliphatic rings. The highest BCUT2D eigenvalue weighted by molar-refractivity contribution is 5.55. The molecule has 0 fully saturated rings. The SMILES string of the molecule is COc1c(C)cc(NC(C)C#N)cc1C. The predicted molar refractivity (Wildman–Crippen MR) is 61.2 cm³/mol. The molecule has 1 N–H and O–H groups in total. The van der Waals surface area contributed by atoms with Crippen molar-refractivity contribution >= 4 is 5.69 Å². The van der Waals surface area contributed by atoms with Crippen LogP contribution in [0.5, 0.6) is 5.75 Å². The summed E-state index contributed by atoms with van der Waals surface area (Å²) in [7, 11) is 1.67. The number of nitriles is 1. The van der Waals surface area contributed by atoms with Gasteiger partial charge in [0.15, 0.2) is 0 Å². The van der Waals surface area contributed by atoms with Crippen molar-refractivity contribution in [2.24, 2.45) is 0 Å². The number of nitrogens with one attached hydrogen (secondary N) is 1. The zero-order valence-electron chi connectivity index (χ0n) is 9.59. The highest BCUT2D eigenvalue weighted by Crippen LogP contribution is 2.26. The summed E-state index contributed by atoms with van der Waals surface area (Å²) in [6, 6.07) is 5.93. The smallest absolute Gasteiger partial charge is 0.124 e. The van der Waals surface area contributed by atoms with Crippen LogP contribution in [-0.4, -0.2) is 13.2 Å². The second-order valence-electron chi connectivity index (χ2n) is 3.64. The molecule has 3 nitrogen and oxygen atoms in total. The first-order valence-corrected chi connectivity index (χ1v) is 4.90. The molecule has 80 valence electrons. The summed E-state index contributed by atoms with van der Waals surface area (Å²) in [5.41, 5.74) is 3.11. The van der Waals surface area contributed by atoms with Gasteiger partial charge in [-0.2, -0.15) is 5.26 Å². The summed E-state index contributed by atoms with van der Waals surface area (Å²) in [5, 5.41) is 11.8. The fraction of sp³-hybridized carbons (Fsp3) is 0.417. The van der Waals surface area contributed by atoms with Gasteiger partial charge in [-0.1, -0.05) is 0 Å². The maximum Gasteiger partial charge on any atom is 0.124 e. The van der Waals surface area contributed by atoms with Gasteiger partial charge >= 0.3 is 0 Å². The molecular formula is C12H16N2O. The van der Waals surface area contributed by atoms with Crippen LogP contribution in [0.3, 0.4) is 0 Å². The van der Waals surface area contributed by atoms with Crippen molar-refractivity contribution in [3.8, 4) is 11.8 Å². The summed E-state index contributed by atoms with van der Waals surface area (Å²) in [4.78, 5) is 0. The molecule has 0 spiro atoms. The van der Waals surface area contributed by atoms with Gasteiger partial charge in [-0.05, 0) is 44.0 Å². The molecule has 1 atom stereocenters. The van der Waals surface area contributed by atoms with Crippen LogP contribution in [0, 0.1) is 25.2 Å². The minimum absolute atomic E-state index is 0.183. The summed E-state index contributed by atoms with van der Waals surface area (Å²) in [5.74, 6) is 0.908. The van der Waals surface area contributed by atoms with E-state index < -0.39 is 0 Å². The van der Waals surface area contributed by atoms with E-state index in [9.17, 15) is 0 Å². The number of rotatable bonds is 3. The van der Waals surface area contributed by atoms with Gasteiger partial charge in [0, 0.05) is 5.69 Å². The molecule has 3 heteroatoms. The molecule has 0 aromatic heterocycles. The van der Waals surface area contributed by atoms with Crippen LogP contribution in [0.25, 0.3) is 0 Å². The van der Waals surface area contributed by atoms with Crippen LogP contribution in [0.15, 0.2) is 12.1 Å². The second kappa shape index (κ2) is 4.70. The monoisotopic (exact) mass is 204 g/mol. The lowest BCUT2D eigenvalue weighted by Crippen LogP contribution is -2.12. The Kier molecular flexibility index (Phi) is 3.56. The normalized spacial score (nSPS) is 11.7. The third-order valence-corrected chi connectivity index (χ3v) is 2.24. The van der Waals surface area contributed by atoms with Crippen LogP contribution in [-0.2, 0) is 0 Å². The Morgan fingerprint density at radius 1 is 1.33 bits per heavy atom. The first-order valence-electron chi connectivity index (χ1n) is 4.90. The van der Waals surface area contributed by atoms with E-state index in [4.69, 9.17) is 10.00 Å². The van der Waals surface area contributed by atoms with E-state index in [1.165, 1.54) is 0 Å². The van der Waals surface area contributed by atoms with Gasteiger partial charge in [-0.15, -0.1) is 0 Å². The Labute approximate surface area is 90.7 Å². The summed E-state index contributed by atoms with van der Waals surface area (Å²) < 4.78 is 5.27. The topological polar surface area (TPSA) is 45.0 Å². The lowest BCUT2D eigenvalue weighted by Gasteiger charge is -2.13. The average Bonchev–Trinajstić information content (AvgIpc) is 2.17. The largest absolute Gasteiger partial charge is 0.496 e. The van der Waals surface area contributed by atoms with Crippen LogP contribution >= 0.6 is 0 Å². The zero-order chi connectivity index (χ0) is 11.4. The second-order valence-corrected chi connectivity index (χ2v) is 3.64. The Morgan fingerprint density at radius 3 is 2.27 bits per heavy atom. The van der Waals surface area contributed by atoms with Gasteiger partial charge in [0.1, 0.15) is 11.8 Å². The first kappa shape index (κ1) is 11.4. The lowest BCUT2D eigenvalue weighted by atomic mass is 10.1. The highest BCUT2D eigenvalue weighted by Gasteiger charge is 2.06. The van der Waals surface area contributed by atoms with Gasteiger partial charge < -0.3 is 10.1 Å². The molecule has 0 amide bonds. The van der Waals surface area contributed by atoms with E-state index >= 15 is 0 Å². The number of ether oxygens (including phenoxy) is 1. The predicted octanol–water partition coefficient (Wildman–Crippen LogP) is 2.64. The molecule has 0 heterocycles. The van der Waals surface area contributed by atoms with E-state index in [1.54, 1.807) is 7.11 Å². The molecule has 0 saturated carbocycles. The van der Waals surface area contributed by atoms with E-state index in [0.717, 1.165) is 22.6 Å². The fourth-order valence-corrected chi connectivity index (χ4v) is 1.64. The number of anilines is 1. The number of nitrogens with zero attached hydrogens (tertiary/aromatic N) is 1. The molecule has 1 rings (SSSR count). The van der Waals surface area contributed by atoms with Crippen LogP contribution in [0.4, 0.5) is 5.69 Å². The molecule has 1 aromatic carbocycles. The molecule has 0 saturated heterocycles. The van der Waals surface area contributed by atoms with Gasteiger partial charge in [0.05, 0.1) is 13.2 Å². The van der Waals surface area contributed by atoms with Crippen LogP contribution in [0.2, 0.25) is 0 Å². The molecule has 0 aliphatic heterocycles. The van der Waals surface area contributed by atoms with Gasteiger partial charge in [-0.3, -0.25) is 0 Å². The van der Waals surface area contributed by atoms with E-state index in [2.05, 4.69) is 11.4 Å². The third-order valence-electron chi connectivity index (χ3n) is 2.24. The van der Waals surface area contributed by atoms with Crippen molar-refractivity contribution < 1.29 is 4.74 Å². The van der Waals surface area contributed by atoms with Crippen molar-refractivity contribution in [1.29, 1.82) is 5.26 Å². The van der Waals surface area contributed by atoms with Crippen molar-refractivity contribution in [3.63, 3.8) is 0 Å². The van der Waals surface area contributed by atoms with E-state index in [0.29, 0.717) is 0 Å². The molecule has 0 aliphatic carbocycles. The average molecular weight is 204 g/mol. The summed E-state index contributed by atoms with van der Waals surface area (Å²) in [6.07, 6.45) is 0. The number of hydrogen-bond acceptors (Lipinski definition) is 3. The van der Waals surface area contributed by atoms with Crippen LogP contribution < -0.4 is 10.1 Å². The van der Waals surface area contributed by atoms with Gasteiger partial charge in [-0.25, -0.2) is 0 Å². The Hall–Kier alpha value is -1.69. The maximum absolute atomic E-state index is 8.70. The fourth-order valence-electron chi connectivity index (χ4n) is 1.64. The quantitative estimate of drug-likeness (QED) is 0.823. The molecule has 1 aromatic rings. The highest BCUT2D eigenvalue weighted by atomic mass is 16.5. The third kappa shape index (κ3) is 2.63. The molecule has 0 bridgehead atoms.